The number of aryl methyl sites for hydroxylation is 1. The Kier molecular flexibility index (Phi) is 5.21. The third-order valence-corrected chi connectivity index (χ3v) is 3.50. The molecule has 0 unspecified atom stereocenters. The molecule has 21 heavy (non-hydrogen) atoms. The molecule has 7 heteroatoms. The third-order valence-electron chi connectivity index (χ3n) is 2.73. The number of hydrogen-bond acceptors (Lipinski definition) is 6. The first-order valence-electron chi connectivity index (χ1n) is 6.81. The topological polar surface area (TPSA) is 77.0 Å². The molecule has 1 N–H and O–H groups in total. The van der Waals surface area contributed by atoms with Crippen LogP contribution in [-0.2, 0) is 13.0 Å². The molecule has 0 aliphatic carbocycles. The molecule has 0 aliphatic heterocycles. The molecule has 1 amide bonds. The van der Waals surface area contributed by atoms with Gasteiger partial charge >= 0.3 is 0 Å². The lowest BCUT2D eigenvalue weighted by Crippen LogP contribution is -2.23. The molecule has 0 aromatic carbocycles. The first kappa shape index (κ1) is 15.4. The van der Waals surface area contributed by atoms with Crippen molar-refractivity contribution >= 4 is 17.4 Å². The van der Waals surface area contributed by atoms with Crippen LogP contribution in [0.25, 0.3) is 0 Å². The maximum atomic E-state index is 12.2. The second-order valence-electron chi connectivity index (χ2n) is 4.72. The lowest BCUT2D eigenvalue weighted by molar-refractivity contribution is 0.0953. The molecule has 0 radical (unpaired) electrons. The fourth-order valence-corrected chi connectivity index (χ4v) is 2.42. The average molecular weight is 306 g/mol. The fraction of sp³-hybridized carbons (Fsp3) is 0.429. The van der Waals surface area contributed by atoms with E-state index in [1.54, 1.807) is 6.20 Å². The molecular formula is C14H18N4O2S. The van der Waals surface area contributed by atoms with Crippen molar-refractivity contribution in [1.82, 2.24) is 19.9 Å². The summed E-state index contributed by atoms with van der Waals surface area (Å²) < 4.78 is 9.45. The Labute approximate surface area is 127 Å². The van der Waals surface area contributed by atoms with E-state index in [1.807, 2.05) is 32.9 Å². The zero-order chi connectivity index (χ0) is 15.2. The van der Waals surface area contributed by atoms with Crippen molar-refractivity contribution < 1.29 is 9.53 Å². The number of carbonyl (C=O) groups excluding carboxylic acids is 1. The van der Waals surface area contributed by atoms with Gasteiger partial charge in [-0.1, -0.05) is 17.5 Å². The molecule has 0 aliphatic rings. The van der Waals surface area contributed by atoms with Crippen molar-refractivity contribution in [2.75, 3.05) is 0 Å². The van der Waals surface area contributed by atoms with E-state index >= 15 is 0 Å². The number of ether oxygens (including phenoxy) is 1. The highest BCUT2D eigenvalue weighted by molar-refractivity contribution is 7.08. The minimum Gasteiger partial charge on any atom is -0.475 e. The zero-order valence-corrected chi connectivity index (χ0v) is 13.1. The molecular weight excluding hydrogens is 288 g/mol. The van der Waals surface area contributed by atoms with Gasteiger partial charge in [-0.2, -0.15) is 0 Å². The molecule has 112 valence electrons. The normalized spacial score (nSPS) is 10.7. The van der Waals surface area contributed by atoms with Crippen LogP contribution in [0.2, 0.25) is 0 Å². The Bertz CT molecular complexity index is 613. The SMILES string of the molecule is CCc1nnsc1C(=O)NCc1cccnc1OC(C)C. The van der Waals surface area contributed by atoms with Gasteiger partial charge < -0.3 is 10.1 Å². The number of rotatable bonds is 6. The van der Waals surface area contributed by atoms with Gasteiger partial charge in [-0.3, -0.25) is 4.79 Å². The van der Waals surface area contributed by atoms with Crippen LogP contribution in [0.4, 0.5) is 0 Å². The minimum atomic E-state index is -0.166. The van der Waals surface area contributed by atoms with Crippen LogP contribution in [0.5, 0.6) is 5.88 Å². The summed E-state index contributed by atoms with van der Waals surface area (Å²) in [6.07, 6.45) is 2.39. The Morgan fingerprint density at radius 2 is 2.29 bits per heavy atom. The van der Waals surface area contributed by atoms with E-state index in [1.165, 1.54) is 0 Å². The van der Waals surface area contributed by atoms with Crippen molar-refractivity contribution in [2.45, 2.75) is 39.8 Å². The molecule has 2 heterocycles. The van der Waals surface area contributed by atoms with Gasteiger partial charge in [0.05, 0.1) is 11.8 Å². The largest absolute Gasteiger partial charge is 0.475 e. The summed E-state index contributed by atoms with van der Waals surface area (Å²) in [7, 11) is 0. The summed E-state index contributed by atoms with van der Waals surface area (Å²) in [6, 6.07) is 3.71. The molecule has 2 aromatic rings. The van der Waals surface area contributed by atoms with Gasteiger partial charge in [0, 0.05) is 18.3 Å². The van der Waals surface area contributed by atoms with Crippen LogP contribution >= 0.6 is 11.5 Å². The molecule has 2 aromatic heterocycles. The van der Waals surface area contributed by atoms with E-state index in [0.717, 1.165) is 22.8 Å². The second kappa shape index (κ2) is 7.12. The number of nitrogens with one attached hydrogen (secondary N) is 1. The van der Waals surface area contributed by atoms with Crippen molar-refractivity contribution in [3.05, 3.63) is 34.5 Å². The van der Waals surface area contributed by atoms with E-state index < -0.39 is 0 Å². The molecule has 2 rings (SSSR count). The molecule has 0 saturated heterocycles. The van der Waals surface area contributed by atoms with Gasteiger partial charge in [-0.15, -0.1) is 5.10 Å². The van der Waals surface area contributed by atoms with E-state index in [0.29, 0.717) is 23.7 Å². The lowest BCUT2D eigenvalue weighted by Gasteiger charge is -2.13. The van der Waals surface area contributed by atoms with Crippen molar-refractivity contribution in [1.29, 1.82) is 0 Å². The maximum Gasteiger partial charge on any atom is 0.265 e. The van der Waals surface area contributed by atoms with Crippen LogP contribution in [0.15, 0.2) is 18.3 Å². The Morgan fingerprint density at radius 1 is 1.48 bits per heavy atom. The number of hydrogen-bond donors (Lipinski definition) is 1. The highest BCUT2D eigenvalue weighted by Gasteiger charge is 2.15. The fourth-order valence-electron chi connectivity index (χ4n) is 1.76. The Morgan fingerprint density at radius 3 is 3.00 bits per heavy atom. The van der Waals surface area contributed by atoms with Crippen LogP contribution < -0.4 is 10.1 Å². The monoisotopic (exact) mass is 306 g/mol. The number of aromatic nitrogens is 3. The molecule has 0 fully saturated rings. The highest BCUT2D eigenvalue weighted by atomic mass is 32.1. The smallest absolute Gasteiger partial charge is 0.265 e. The first-order valence-corrected chi connectivity index (χ1v) is 7.59. The summed E-state index contributed by atoms with van der Waals surface area (Å²) in [5, 5.41) is 6.80. The average Bonchev–Trinajstić information content (AvgIpc) is 2.94. The van der Waals surface area contributed by atoms with Crippen LogP contribution in [0.3, 0.4) is 0 Å². The molecule has 0 saturated carbocycles. The summed E-state index contributed by atoms with van der Waals surface area (Å²) in [6.45, 7) is 6.18. The number of carbonyl (C=O) groups is 1. The summed E-state index contributed by atoms with van der Waals surface area (Å²) in [4.78, 5) is 16.9. The van der Waals surface area contributed by atoms with Crippen LogP contribution in [0, 0.1) is 0 Å². The molecule has 0 bridgehead atoms. The van der Waals surface area contributed by atoms with E-state index in [2.05, 4.69) is 19.9 Å². The third kappa shape index (κ3) is 3.98. The summed E-state index contributed by atoms with van der Waals surface area (Å²) in [5.41, 5.74) is 1.57. The van der Waals surface area contributed by atoms with Crippen LogP contribution in [0.1, 0.15) is 41.7 Å². The molecule has 6 nitrogen and oxygen atoms in total. The predicted octanol–water partition coefficient (Wildman–Crippen LogP) is 2.21. The van der Waals surface area contributed by atoms with Crippen molar-refractivity contribution in [3.63, 3.8) is 0 Å². The van der Waals surface area contributed by atoms with Gasteiger partial charge in [0.15, 0.2) is 0 Å². The Balaban J connectivity index is 2.05. The number of pyridine rings is 1. The zero-order valence-electron chi connectivity index (χ0n) is 12.3. The van der Waals surface area contributed by atoms with Crippen molar-refractivity contribution in [3.8, 4) is 5.88 Å². The van der Waals surface area contributed by atoms with Gasteiger partial charge in [-0.05, 0) is 37.9 Å². The van der Waals surface area contributed by atoms with Crippen molar-refractivity contribution in [2.24, 2.45) is 0 Å². The van der Waals surface area contributed by atoms with Crippen LogP contribution in [-0.4, -0.2) is 26.6 Å². The quantitative estimate of drug-likeness (QED) is 0.885. The van der Waals surface area contributed by atoms with E-state index in [9.17, 15) is 4.79 Å². The lowest BCUT2D eigenvalue weighted by atomic mass is 10.2. The van der Waals surface area contributed by atoms with E-state index in [4.69, 9.17) is 4.74 Å². The maximum absolute atomic E-state index is 12.2. The van der Waals surface area contributed by atoms with Gasteiger partial charge in [-0.25, -0.2) is 4.98 Å². The van der Waals surface area contributed by atoms with Gasteiger partial charge in [0.2, 0.25) is 5.88 Å². The van der Waals surface area contributed by atoms with Gasteiger partial charge in [0.1, 0.15) is 4.88 Å². The molecule has 0 atom stereocenters. The number of amides is 1. The summed E-state index contributed by atoms with van der Waals surface area (Å²) >= 11 is 1.11. The standard InChI is InChI=1S/C14H18N4O2S/c1-4-11-12(21-18-17-11)13(19)16-8-10-6-5-7-15-14(10)20-9(2)3/h5-7,9H,4,8H2,1-3H3,(H,16,19). The second-order valence-corrected chi connectivity index (χ2v) is 5.47. The highest BCUT2D eigenvalue weighted by Crippen LogP contribution is 2.16. The predicted molar refractivity (Wildman–Crippen MR) is 80.5 cm³/mol. The Hall–Kier alpha value is -2.02. The number of nitrogens with zero attached hydrogens (tertiary/aromatic N) is 3. The minimum absolute atomic E-state index is 0.0340. The first-order chi connectivity index (χ1) is 10.1. The summed E-state index contributed by atoms with van der Waals surface area (Å²) in [5.74, 6) is 0.382. The molecule has 0 spiro atoms. The van der Waals surface area contributed by atoms with E-state index in [-0.39, 0.29) is 12.0 Å². The van der Waals surface area contributed by atoms with Gasteiger partial charge in [0.25, 0.3) is 5.91 Å².